The van der Waals surface area contributed by atoms with Crippen LogP contribution in [-0.4, -0.2) is 48.9 Å². The smallest absolute Gasteiger partial charge is 0.274 e. The van der Waals surface area contributed by atoms with Gasteiger partial charge in [0, 0.05) is 34.0 Å². The number of nitrogens with zero attached hydrogens (tertiary/aromatic N) is 2. The van der Waals surface area contributed by atoms with Gasteiger partial charge in [0.2, 0.25) is 0 Å². The number of hydrogen-bond donors (Lipinski definition) is 2. The third kappa shape index (κ3) is 6.29. The number of halogens is 2. The molecule has 0 saturated carbocycles. The molecule has 0 radical (unpaired) electrons. The normalized spacial score (nSPS) is 10.7. The van der Waals surface area contributed by atoms with E-state index in [2.05, 4.69) is 15.6 Å². The summed E-state index contributed by atoms with van der Waals surface area (Å²) in [7, 11) is 3.95. The Kier molecular flexibility index (Phi) is 7.38. The van der Waals surface area contributed by atoms with E-state index in [0.29, 0.717) is 27.8 Å². The maximum Gasteiger partial charge on any atom is 0.274 e. The molecule has 0 aliphatic rings. The molecule has 6 nitrogen and oxygen atoms in total. The summed E-state index contributed by atoms with van der Waals surface area (Å²) in [6, 6.07) is 7.73. The number of rotatable bonds is 7. The van der Waals surface area contributed by atoms with Crippen LogP contribution < -0.4 is 10.6 Å². The van der Waals surface area contributed by atoms with Crippen molar-refractivity contribution in [3.8, 4) is 0 Å². The zero-order chi connectivity index (χ0) is 19.1. The monoisotopic (exact) mass is 394 g/mol. The lowest BCUT2D eigenvalue weighted by Gasteiger charge is -2.10. The molecular formula is C18H20Cl2N4O2. The molecule has 2 amide bonds. The molecule has 0 atom stereocenters. The summed E-state index contributed by atoms with van der Waals surface area (Å²) in [5.74, 6) is -0.698. The van der Waals surface area contributed by atoms with Crippen LogP contribution in [-0.2, 0) is 0 Å². The van der Waals surface area contributed by atoms with E-state index in [1.165, 1.54) is 12.3 Å². The van der Waals surface area contributed by atoms with Crippen LogP contribution >= 0.6 is 23.2 Å². The summed E-state index contributed by atoms with van der Waals surface area (Å²) in [6.07, 6.45) is 2.27. The zero-order valence-corrected chi connectivity index (χ0v) is 16.1. The zero-order valence-electron chi connectivity index (χ0n) is 14.6. The van der Waals surface area contributed by atoms with Crippen molar-refractivity contribution in [2.24, 2.45) is 0 Å². The lowest BCUT2D eigenvalue weighted by molar-refractivity contribution is 0.0952. The Balaban J connectivity index is 2.01. The van der Waals surface area contributed by atoms with Crippen molar-refractivity contribution in [1.29, 1.82) is 0 Å². The second kappa shape index (κ2) is 9.52. The van der Waals surface area contributed by atoms with Crippen LogP contribution in [0, 0.1) is 0 Å². The lowest BCUT2D eigenvalue weighted by atomic mass is 10.2. The molecule has 0 unspecified atom stereocenters. The van der Waals surface area contributed by atoms with E-state index < -0.39 is 5.91 Å². The van der Waals surface area contributed by atoms with Gasteiger partial charge in [0.05, 0.1) is 0 Å². The molecule has 1 aromatic heterocycles. The van der Waals surface area contributed by atoms with Crippen LogP contribution in [0.1, 0.15) is 27.3 Å². The molecule has 0 aliphatic heterocycles. The second-order valence-corrected chi connectivity index (χ2v) is 6.83. The first kappa shape index (κ1) is 20.2. The number of hydrogen-bond acceptors (Lipinski definition) is 4. The largest absolute Gasteiger partial charge is 0.352 e. The summed E-state index contributed by atoms with van der Waals surface area (Å²) in [5, 5.41) is 6.31. The minimum atomic E-state index is -0.453. The predicted octanol–water partition coefficient (Wildman–Crippen LogP) is 3.32. The topological polar surface area (TPSA) is 74.3 Å². The summed E-state index contributed by atoms with van der Waals surface area (Å²) < 4.78 is 0. The van der Waals surface area contributed by atoms with Crippen LogP contribution in [0.3, 0.4) is 0 Å². The Morgan fingerprint density at radius 2 is 1.77 bits per heavy atom. The highest BCUT2D eigenvalue weighted by Crippen LogP contribution is 2.22. The first-order valence-electron chi connectivity index (χ1n) is 8.01. The van der Waals surface area contributed by atoms with Crippen LogP contribution in [0.2, 0.25) is 10.0 Å². The average molecular weight is 395 g/mol. The van der Waals surface area contributed by atoms with Crippen LogP contribution in [0.25, 0.3) is 0 Å². The molecule has 0 fully saturated rings. The Hall–Kier alpha value is -2.15. The SMILES string of the molecule is CN(C)CCCNC(=O)c1ccnc(C(=O)Nc2cc(Cl)cc(Cl)c2)c1. The van der Waals surface area contributed by atoms with Gasteiger partial charge in [0.1, 0.15) is 5.69 Å². The van der Waals surface area contributed by atoms with Crippen molar-refractivity contribution in [2.45, 2.75) is 6.42 Å². The summed E-state index contributed by atoms with van der Waals surface area (Å²) >= 11 is 11.8. The Morgan fingerprint density at radius 3 is 2.42 bits per heavy atom. The predicted molar refractivity (Wildman–Crippen MR) is 104 cm³/mol. The van der Waals surface area contributed by atoms with Crippen molar-refractivity contribution >= 4 is 40.7 Å². The molecule has 0 spiro atoms. The molecule has 26 heavy (non-hydrogen) atoms. The van der Waals surface area contributed by atoms with Crippen molar-refractivity contribution in [1.82, 2.24) is 15.2 Å². The number of carbonyl (C=O) groups excluding carboxylic acids is 2. The molecule has 8 heteroatoms. The second-order valence-electron chi connectivity index (χ2n) is 5.95. The standard InChI is InChI=1S/C18H20Cl2N4O2/c1-24(2)7-3-5-22-17(25)12-4-6-21-16(8-12)18(26)23-15-10-13(19)9-14(20)11-15/h4,6,8-11H,3,5,7H2,1-2H3,(H,22,25)(H,23,26). The van der Waals surface area contributed by atoms with Gasteiger partial charge in [-0.25, -0.2) is 0 Å². The minimum absolute atomic E-state index is 0.127. The van der Waals surface area contributed by atoms with Gasteiger partial charge in [-0.15, -0.1) is 0 Å². The fraction of sp³-hybridized carbons (Fsp3) is 0.278. The first-order chi connectivity index (χ1) is 12.3. The first-order valence-corrected chi connectivity index (χ1v) is 8.77. The average Bonchev–Trinajstić information content (AvgIpc) is 2.57. The number of anilines is 1. The molecule has 2 rings (SSSR count). The number of amides is 2. The number of nitrogens with one attached hydrogen (secondary N) is 2. The number of pyridine rings is 1. The van der Waals surface area contributed by atoms with Gasteiger partial charge in [0.25, 0.3) is 11.8 Å². The summed E-state index contributed by atoms with van der Waals surface area (Å²) in [6.45, 7) is 1.44. The number of aromatic nitrogens is 1. The van der Waals surface area contributed by atoms with Gasteiger partial charge < -0.3 is 15.5 Å². The minimum Gasteiger partial charge on any atom is -0.352 e. The Morgan fingerprint density at radius 1 is 1.08 bits per heavy atom. The van der Waals surface area contributed by atoms with E-state index in [4.69, 9.17) is 23.2 Å². The highest BCUT2D eigenvalue weighted by molar-refractivity contribution is 6.35. The van der Waals surface area contributed by atoms with E-state index in [0.717, 1.165) is 13.0 Å². The van der Waals surface area contributed by atoms with Gasteiger partial charge in [-0.1, -0.05) is 23.2 Å². The molecule has 2 aromatic rings. The summed E-state index contributed by atoms with van der Waals surface area (Å²) in [5.41, 5.74) is 0.953. The van der Waals surface area contributed by atoms with Crippen LogP contribution in [0.5, 0.6) is 0 Å². The van der Waals surface area contributed by atoms with Crippen molar-refractivity contribution in [3.05, 3.63) is 57.8 Å². The lowest BCUT2D eigenvalue weighted by Crippen LogP contribution is -2.27. The molecular weight excluding hydrogens is 375 g/mol. The fourth-order valence-corrected chi connectivity index (χ4v) is 2.74. The molecule has 0 aliphatic carbocycles. The van der Waals surface area contributed by atoms with Crippen molar-refractivity contribution in [3.63, 3.8) is 0 Å². The van der Waals surface area contributed by atoms with E-state index in [-0.39, 0.29) is 11.6 Å². The molecule has 2 N–H and O–H groups in total. The highest BCUT2D eigenvalue weighted by atomic mass is 35.5. The van der Waals surface area contributed by atoms with Gasteiger partial charge in [0.15, 0.2) is 0 Å². The number of benzene rings is 1. The molecule has 138 valence electrons. The Bertz CT molecular complexity index is 776. The van der Waals surface area contributed by atoms with Crippen LogP contribution in [0.4, 0.5) is 5.69 Å². The number of carbonyl (C=O) groups is 2. The maximum absolute atomic E-state index is 12.3. The van der Waals surface area contributed by atoms with Gasteiger partial charge in [-0.05, 0) is 57.4 Å². The van der Waals surface area contributed by atoms with Gasteiger partial charge >= 0.3 is 0 Å². The molecule has 1 aromatic carbocycles. The van der Waals surface area contributed by atoms with Gasteiger partial charge in [-0.3, -0.25) is 14.6 Å². The molecule has 0 bridgehead atoms. The molecule has 0 saturated heterocycles. The van der Waals surface area contributed by atoms with E-state index in [1.807, 2.05) is 19.0 Å². The van der Waals surface area contributed by atoms with Gasteiger partial charge in [-0.2, -0.15) is 0 Å². The quantitative estimate of drug-likeness (QED) is 0.706. The Labute approximate surface area is 162 Å². The maximum atomic E-state index is 12.3. The van der Waals surface area contributed by atoms with Crippen molar-refractivity contribution in [2.75, 3.05) is 32.5 Å². The fourth-order valence-electron chi connectivity index (χ4n) is 2.22. The summed E-state index contributed by atoms with van der Waals surface area (Å²) in [4.78, 5) is 30.6. The van der Waals surface area contributed by atoms with Crippen molar-refractivity contribution < 1.29 is 9.59 Å². The van der Waals surface area contributed by atoms with E-state index >= 15 is 0 Å². The third-order valence-corrected chi connectivity index (χ3v) is 3.88. The third-order valence-electron chi connectivity index (χ3n) is 3.44. The van der Waals surface area contributed by atoms with E-state index in [9.17, 15) is 9.59 Å². The highest BCUT2D eigenvalue weighted by Gasteiger charge is 2.12. The van der Waals surface area contributed by atoms with E-state index in [1.54, 1.807) is 24.3 Å². The van der Waals surface area contributed by atoms with Crippen LogP contribution in [0.15, 0.2) is 36.5 Å². The molecule has 1 heterocycles.